The van der Waals surface area contributed by atoms with Crippen LogP contribution < -0.4 is 0 Å². The Hall–Kier alpha value is -0.540. The highest BCUT2D eigenvalue weighted by Gasteiger charge is 2.36. The molecule has 0 rings (SSSR count). The molecule has 0 amide bonds. The quantitative estimate of drug-likeness (QED) is 0.108. The van der Waals surface area contributed by atoms with E-state index in [2.05, 4.69) is 20.8 Å². The topological polar surface area (TPSA) is 27.7 Å². The molecule has 0 fully saturated rings. The Labute approximate surface area is 183 Å². The molecule has 0 aliphatic rings. The molecule has 0 aliphatic heterocycles. The van der Waals surface area contributed by atoms with Crippen LogP contribution in [0.1, 0.15) is 118 Å². The van der Waals surface area contributed by atoms with E-state index in [1.165, 1.54) is 77.0 Å². The van der Waals surface area contributed by atoms with E-state index in [4.69, 9.17) is 14.2 Å². The van der Waals surface area contributed by atoms with Gasteiger partial charge in [0, 0.05) is 20.1 Å². The van der Waals surface area contributed by atoms with Crippen LogP contribution in [0.5, 0.6) is 0 Å². The van der Waals surface area contributed by atoms with Crippen molar-refractivity contribution in [1.82, 2.24) is 0 Å². The maximum absolute atomic E-state index is 5.91. The van der Waals surface area contributed by atoms with Gasteiger partial charge in [-0.05, 0) is 38.5 Å². The maximum atomic E-state index is 5.91. The summed E-state index contributed by atoms with van der Waals surface area (Å²) in [6.45, 7) is 9.70. The van der Waals surface area contributed by atoms with Gasteiger partial charge in [-0.1, -0.05) is 91.1 Å². The molecule has 0 bridgehead atoms. The van der Waals surface area contributed by atoms with E-state index in [1.54, 1.807) is 6.26 Å². The zero-order chi connectivity index (χ0) is 21.8. The van der Waals surface area contributed by atoms with Crippen molar-refractivity contribution >= 4 is 0 Å². The molecule has 0 N–H and O–H groups in total. The van der Waals surface area contributed by atoms with Crippen LogP contribution in [-0.2, 0) is 14.2 Å². The highest BCUT2D eigenvalue weighted by molar-refractivity contribution is 4.78. The molecule has 0 saturated carbocycles. The fourth-order valence-electron chi connectivity index (χ4n) is 4.29. The van der Waals surface area contributed by atoms with E-state index >= 15 is 0 Å². The first-order chi connectivity index (χ1) is 14.1. The summed E-state index contributed by atoms with van der Waals surface area (Å²) in [5, 5.41) is 0. The van der Waals surface area contributed by atoms with Gasteiger partial charge in [0.25, 0.3) is 0 Å². The normalized spacial score (nSPS) is 14.4. The SMILES string of the molecule is CC=COCCCCCCCCC(CCCCCC(C)CC)C(CC)(OC)OC. The van der Waals surface area contributed by atoms with Gasteiger partial charge in [0.1, 0.15) is 0 Å². The first kappa shape index (κ1) is 28.5. The number of hydrogen-bond donors (Lipinski definition) is 0. The summed E-state index contributed by atoms with van der Waals surface area (Å²) < 4.78 is 17.2. The molecular weight excluding hydrogens is 360 g/mol. The standard InChI is InChI=1S/C26H52O3/c1-7-22-29-23-18-13-11-10-12-16-20-25(26(9-3,27-5)28-6)21-17-14-15-19-24(4)8-2/h7,22,24-25H,8-21,23H2,1-6H3. The highest BCUT2D eigenvalue weighted by Crippen LogP contribution is 2.35. The van der Waals surface area contributed by atoms with Gasteiger partial charge in [0.05, 0.1) is 12.9 Å². The lowest BCUT2D eigenvalue weighted by atomic mass is 9.85. The average molecular weight is 413 g/mol. The van der Waals surface area contributed by atoms with Crippen LogP contribution in [0.25, 0.3) is 0 Å². The first-order valence-corrected chi connectivity index (χ1v) is 12.4. The van der Waals surface area contributed by atoms with E-state index in [9.17, 15) is 0 Å². The maximum Gasteiger partial charge on any atom is 0.170 e. The molecule has 3 heteroatoms. The zero-order valence-electron chi connectivity index (χ0n) is 20.6. The fourth-order valence-corrected chi connectivity index (χ4v) is 4.29. The van der Waals surface area contributed by atoms with Crippen LogP contribution in [0.3, 0.4) is 0 Å². The van der Waals surface area contributed by atoms with Crippen molar-refractivity contribution in [2.45, 2.75) is 123 Å². The average Bonchev–Trinajstić information content (AvgIpc) is 2.75. The monoisotopic (exact) mass is 412 g/mol. The second-order valence-corrected chi connectivity index (χ2v) is 8.67. The predicted octanol–water partition coefficient (Wildman–Crippen LogP) is 8.28. The van der Waals surface area contributed by atoms with Gasteiger partial charge in [-0.3, -0.25) is 0 Å². The summed E-state index contributed by atoms with van der Waals surface area (Å²) in [5.74, 6) is 0.967. The molecule has 0 aromatic heterocycles. The van der Waals surface area contributed by atoms with Crippen LogP contribution in [0.15, 0.2) is 12.3 Å². The zero-order valence-corrected chi connectivity index (χ0v) is 20.6. The third kappa shape index (κ3) is 13.4. The largest absolute Gasteiger partial charge is 0.502 e. The molecule has 0 aromatic carbocycles. The number of rotatable bonds is 21. The van der Waals surface area contributed by atoms with Crippen molar-refractivity contribution in [2.75, 3.05) is 20.8 Å². The van der Waals surface area contributed by atoms with Gasteiger partial charge in [-0.15, -0.1) is 0 Å². The number of ether oxygens (including phenoxy) is 3. The van der Waals surface area contributed by atoms with E-state index < -0.39 is 5.79 Å². The molecule has 0 heterocycles. The van der Waals surface area contributed by atoms with Crippen LogP contribution in [0, 0.1) is 11.8 Å². The van der Waals surface area contributed by atoms with Crippen molar-refractivity contribution in [3.8, 4) is 0 Å². The summed E-state index contributed by atoms with van der Waals surface area (Å²) >= 11 is 0. The second-order valence-electron chi connectivity index (χ2n) is 8.67. The fraction of sp³-hybridized carbons (Fsp3) is 0.923. The van der Waals surface area contributed by atoms with Crippen LogP contribution in [0.2, 0.25) is 0 Å². The molecule has 0 aliphatic carbocycles. The van der Waals surface area contributed by atoms with Crippen molar-refractivity contribution in [3.05, 3.63) is 12.3 Å². The second kappa shape index (κ2) is 19.4. The smallest absolute Gasteiger partial charge is 0.170 e. The Morgan fingerprint density at radius 3 is 1.79 bits per heavy atom. The van der Waals surface area contributed by atoms with Gasteiger partial charge in [-0.2, -0.15) is 0 Å². The number of unbranched alkanes of at least 4 members (excludes halogenated alkanes) is 7. The molecular formula is C26H52O3. The summed E-state index contributed by atoms with van der Waals surface area (Å²) in [5.41, 5.74) is 0. The van der Waals surface area contributed by atoms with Crippen LogP contribution in [0.4, 0.5) is 0 Å². The Bertz CT molecular complexity index is 355. The molecule has 0 radical (unpaired) electrons. The lowest BCUT2D eigenvalue weighted by molar-refractivity contribution is -0.244. The van der Waals surface area contributed by atoms with Gasteiger partial charge < -0.3 is 14.2 Å². The molecule has 29 heavy (non-hydrogen) atoms. The Balaban J connectivity index is 4.19. The summed E-state index contributed by atoms with van der Waals surface area (Å²) in [7, 11) is 3.64. The highest BCUT2D eigenvalue weighted by atomic mass is 16.7. The number of allylic oxidation sites excluding steroid dienone is 1. The summed E-state index contributed by atoms with van der Waals surface area (Å²) in [4.78, 5) is 0. The molecule has 0 aromatic rings. The third-order valence-electron chi connectivity index (χ3n) is 6.55. The summed E-state index contributed by atoms with van der Waals surface area (Å²) in [6.07, 6.45) is 21.4. The van der Waals surface area contributed by atoms with Crippen LogP contribution >= 0.6 is 0 Å². The molecule has 0 saturated heterocycles. The van der Waals surface area contributed by atoms with Crippen molar-refractivity contribution in [2.24, 2.45) is 11.8 Å². The molecule has 0 spiro atoms. The van der Waals surface area contributed by atoms with Gasteiger partial charge in [-0.25, -0.2) is 0 Å². The molecule has 2 atom stereocenters. The lowest BCUT2D eigenvalue weighted by Crippen LogP contribution is -2.41. The minimum atomic E-state index is -0.402. The minimum Gasteiger partial charge on any atom is -0.502 e. The van der Waals surface area contributed by atoms with E-state index in [-0.39, 0.29) is 0 Å². The third-order valence-corrected chi connectivity index (χ3v) is 6.55. The van der Waals surface area contributed by atoms with Crippen molar-refractivity contribution in [1.29, 1.82) is 0 Å². The van der Waals surface area contributed by atoms with Gasteiger partial charge >= 0.3 is 0 Å². The Kier molecular flexibility index (Phi) is 19.1. The van der Waals surface area contributed by atoms with Crippen molar-refractivity contribution in [3.63, 3.8) is 0 Å². The summed E-state index contributed by atoms with van der Waals surface area (Å²) in [6, 6.07) is 0. The van der Waals surface area contributed by atoms with E-state index in [0.29, 0.717) is 5.92 Å². The van der Waals surface area contributed by atoms with Gasteiger partial charge in [0.2, 0.25) is 0 Å². The lowest BCUT2D eigenvalue weighted by Gasteiger charge is -2.38. The predicted molar refractivity (Wildman–Crippen MR) is 126 cm³/mol. The Morgan fingerprint density at radius 2 is 1.28 bits per heavy atom. The number of hydrogen-bond acceptors (Lipinski definition) is 3. The van der Waals surface area contributed by atoms with E-state index in [0.717, 1.165) is 25.4 Å². The van der Waals surface area contributed by atoms with E-state index in [1.807, 2.05) is 27.2 Å². The molecule has 3 nitrogen and oxygen atoms in total. The van der Waals surface area contributed by atoms with Gasteiger partial charge in [0.15, 0.2) is 5.79 Å². The molecule has 2 unspecified atom stereocenters. The minimum absolute atomic E-state index is 0.402. The molecule has 174 valence electrons. The van der Waals surface area contributed by atoms with Crippen molar-refractivity contribution < 1.29 is 14.2 Å². The first-order valence-electron chi connectivity index (χ1n) is 12.4. The number of methoxy groups -OCH3 is 2. The van der Waals surface area contributed by atoms with Crippen LogP contribution in [-0.4, -0.2) is 26.6 Å². The Morgan fingerprint density at radius 1 is 0.759 bits per heavy atom.